The number of carbonyl (C=O) groups is 1. The minimum absolute atomic E-state index is 0.0509. The molecule has 0 aliphatic carbocycles. The summed E-state index contributed by atoms with van der Waals surface area (Å²) >= 11 is 0. The van der Waals surface area contributed by atoms with Crippen molar-refractivity contribution in [1.82, 2.24) is 5.32 Å². The fourth-order valence-corrected chi connectivity index (χ4v) is 1.70. The van der Waals surface area contributed by atoms with Crippen LogP contribution >= 0.6 is 0 Å². The molecule has 0 aliphatic rings. The lowest BCUT2D eigenvalue weighted by molar-refractivity contribution is 0.0949. The molecular formula is C17H24N2O. The highest BCUT2D eigenvalue weighted by atomic mass is 16.1. The molecule has 0 unspecified atom stereocenters. The summed E-state index contributed by atoms with van der Waals surface area (Å²) in [4.78, 5) is 12.1. The maximum absolute atomic E-state index is 12.1. The summed E-state index contributed by atoms with van der Waals surface area (Å²) in [6, 6.07) is 5.57. The monoisotopic (exact) mass is 272 g/mol. The Balaban J connectivity index is 2.74. The van der Waals surface area contributed by atoms with Crippen LogP contribution in [0.3, 0.4) is 0 Å². The van der Waals surface area contributed by atoms with Crippen LogP contribution < -0.4 is 11.1 Å². The molecule has 1 aromatic rings. The van der Waals surface area contributed by atoms with E-state index in [9.17, 15) is 4.79 Å². The number of nitrogens with one attached hydrogen (secondary N) is 1. The second-order valence-corrected chi connectivity index (χ2v) is 6.10. The van der Waals surface area contributed by atoms with Crippen LogP contribution in [0.5, 0.6) is 0 Å². The van der Waals surface area contributed by atoms with E-state index in [1.807, 2.05) is 25.1 Å². The van der Waals surface area contributed by atoms with Crippen LogP contribution in [0.1, 0.15) is 48.7 Å². The highest BCUT2D eigenvalue weighted by molar-refractivity contribution is 5.94. The van der Waals surface area contributed by atoms with Gasteiger partial charge >= 0.3 is 0 Å². The van der Waals surface area contributed by atoms with Crippen LogP contribution in [0.4, 0.5) is 0 Å². The third-order valence-corrected chi connectivity index (χ3v) is 2.99. The summed E-state index contributed by atoms with van der Waals surface area (Å²) in [7, 11) is 0. The van der Waals surface area contributed by atoms with Crippen molar-refractivity contribution in [2.45, 2.75) is 34.1 Å². The lowest BCUT2D eigenvalue weighted by Crippen LogP contribution is -2.27. The molecule has 1 aromatic carbocycles. The lowest BCUT2D eigenvalue weighted by atomic mass is 9.92. The Kier molecular flexibility index (Phi) is 5.79. The van der Waals surface area contributed by atoms with E-state index in [1.54, 1.807) is 0 Å². The van der Waals surface area contributed by atoms with Gasteiger partial charge in [0.2, 0.25) is 0 Å². The van der Waals surface area contributed by atoms with Gasteiger partial charge < -0.3 is 11.1 Å². The van der Waals surface area contributed by atoms with Gasteiger partial charge in [-0.25, -0.2) is 0 Å². The van der Waals surface area contributed by atoms with Crippen molar-refractivity contribution in [3.63, 3.8) is 0 Å². The van der Waals surface area contributed by atoms with Gasteiger partial charge in [0.05, 0.1) is 6.54 Å². The quantitative estimate of drug-likeness (QED) is 0.831. The number of nitrogens with two attached hydrogens (primary N) is 1. The molecule has 0 atom stereocenters. The van der Waals surface area contributed by atoms with Gasteiger partial charge in [0.25, 0.3) is 5.91 Å². The van der Waals surface area contributed by atoms with E-state index in [4.69, 9.17) is 5.73 Å². The van der Waals surface area contributed by atoms with Crippen molar-refractivity contribution < 1.29 is 4.79 Å². The number of benzene rings is 1. The number of amides is 1. The van der Waals surface area contributed by atoms with Crippen LogP contribution in [0.15, 0.2) is 18.2 Å². The van der Waals surface area contributed by atoms with Gasteiger partial charge in [-0.1, -0.05) is 38.7 Å². The molecule has 0 saturated heterocycles. The topological polar surface area (TPSA) is 55.1 Å². The molecule has 20 heavy (non-hydrogen) atoms. The SMILES string of the molecule is Cc1ccc(C(=O)NCCC(C)(C)C)cc1C#CCN. The Hall–Kier alpha value is -1.79. The maximum atomic E-state index is 12.1. The molecule has 0 radical (unpaired) electrons. The average molecular weight is 272 g/mol. The molecule has 3 nitrogen and oxygen atoms in total. The summed E-state index contributed by atoms with van der Waals surface area (Å²) < 4.78 is 0. The van der Waals surface area contributed by atoms with Crippen LogP contribution in [0.25, 0.3) is 0 Å². The molecule has 1 rings (SSSR count). The van der Waals surface area contributed by atoms with Gasteiger partial charge in [0, 0.05) is 17.7 Å². The van der Waals surface area contributed by atoms with E-state index >= 15 is 0 Å². The maximum Gasteiger partial charge on any atom is 0.251 e. The molecule has 0 aromatic heterocycles. The first-order valence-electron chi connectivity index (χ1n) is 6.91. The molecule has 0 heterocycles. The Bertz CT molecular complexity index is 530. The van der Waals surface area contributed by atoms with Gasteiger partial charge in [-0.05, 0) is 36.5 Å². The van der Waals surface area contributed by atoms with Crippen molar-refractivity contribution in [3.8, 4) is 11.8 Å². The fourth-order valence-electron chi connectivity index (χ4n) is 1.70. The summed E-state index contributed by atoms with van der Waals surface area (Å²) in [6.45, 7) is 9.45. The zero-order valence-corrected chi connectivity index (χ0v) is 12.8. The van der Waals surface area contributed by atoms with Crippen molar-refractivity contribution in [2.75, 3.05) is 13.1 Å². The molecule has 0 fully saturated rings. The number of hydrogen-bond donors (Lipinski definition) is 2. The van der Waals surface area contributed by atoms with Crippen molar-refractivity contribution in [3.05, 3.63) is 34.9 Å². The van der Waals surface area contributed by atoms with Gasteiger partial charge in [-0.2, -0.15) is 0 Å². The van der Waals surface area contributed by atoms with Crippen molar-refractivity contribution in [2.24, 2.45) is 11.1 Å². The first-order chi connectivity index (χ1) is 9.33. The number of carbonyl (C=O) groups excluding carboxylic acids is 1. The van der Waals surface area contributed by atoms with Crippen LogP contribution in [0, 0.1) is 24.2 Å². The predicted octanol–water partition coefficient (Wildman–Crippen LogP) is 2.47. The minimum Gasteiger partial charge on any atom is -0.352 e. The first kappa shape index (κ1) is 16.3. The van der Waals surface area contributed by atoms with Crippen molar-refractivity contribution in [1.29, 1.82) is 0 Å². The number of rotatable bonds is 3. The zero-order chi connectivity index (χ0) is 15.2. The molecule has 108 valence electrons. The zero-order valence-electron chi connectivity index (χ0n) is 12.8. The molecule has 0 bridgehead atoms. The smallest absolute Gasteiger partial charge is 0.251 e. The Morgan fingerprint density at radius 2 is 2.05 bits per heavy atom. The third-order valence-electron chi connectivity index (χ3n) is 2.99. The molecule has 0 spiro atoms. The molecule has 1 amide bonds. The van der Waals surface area contributed by atoms with Gasteiger partial charge in [-0.15, -0.1) is 0 Å². The van der Waals surface area contributed by atoms with Crippen LogP contribution in [0.2, 0.25) is 0 Å². The van der Waals surface area contributed by atoms with Crippen LogP contribution in [-0.2, 0) is 0 Å². The summed E-state index contributed by atoms with van der Waals surface area (Å²) in [6.07, 6.45) is 0.949. The normalized spacial score (nSPS) is 10.7. The summed E-state index contributed by atoms with van der Waals surface area (Å²) in [5.74, 6) is 5.76. The van der Waals surface area contributed by atoms with E-state index < -0.39 is 0 Å². The second kappa shape index (κ2) is 7.12. The minimum atomic E-state index is -0.0509. The summed E-state index contributed by atoms with van der Waals surface area (Å²) in [5.41, 5.74) is 8.16. The highest BCUT2D eigenvalue weighted by Crippen LogP contribution is 2.17. The average Bonchev–Trinajstić information content (AvgIpc) is 2.36. The van der Waals surface area contributed by atoms with Gasteiger partial charge in [0.15, 0.2) is 0 Å². The highest BCUT2D eigenvalue weighted by Gasteiger charge is 2.11. The molecular weight excluding hydrogens is 248 g/mol. The number of hydrogen-bond acceptors (Lipinski definition) is 2. The molecule has 0 aliphatic heterocycles. The summed E-state index contributed by atoms with van der Waals surface area (Å²) in [5, 5.41) is 2.95. The fraction of sp³-hybridized carbons (Fsp3) is 0.471. The first-order valence-corrected chi connectivity index (χ1v) is 6.91. The predicted molar refractivity (Wildman–Crippen MR) is 83.5 cm³/mol. The van der Waals surface area contributed by atoms with Crippen LogP contribution in [-0.4, -0.2) is 19.0 Å². The standard InChI is InChI=1S/C17H24N2O/c1-13-7-8-15(12-14(13)6-5-10-18)16(20)19-11-9-17(2,3)4/h7-8,12H,9-11,18H2,1-4H3,(H,19,20). The third kappa shape index (κ3) is 5.46. The largest absolute Gasteiger partial charge is 0.352 e. The molecule has 0 saturated carbocycles. The lowest BCUT2D eigenvalue weighted by Gasteiger charge is -2.18. The Labute approximate surface area is 121 Å². The Morgan fingerprint density at radius 1 is 1.35 bits per heavy atom. The molecule has 3 N–H and O–H groups in total. The molecule has 3 heteroatoms. The van der Waals surface area contributed by atoms with E-state index in [2.05, 4.69) is 37.9 Å². The van der Waals surface area contributed by atoms with E-state index in [0.717, 1.165) is 17.5 Å². The van der Waals surface area contributed by atoms with E-state index in [1.165, 1.54) is 0 Å². The van der Waals surface area contributed by atoms with Gasteiger partial charge in [0.1, 0.15) is 0 Å². The van der Waals surface area contributed by atoms with Gasteiger partial charge in [-0.3, -0.25) is 4.79 Å². The second-order valence-electron chi connectivity index (χ2n) is 6.10. The van der Waals surface area contributed by atoms with E-state index in [-0.39, 0.29) is 11.3 Å². The van der Waals surface area contributed by atoms with Crippen molar-refractivity contribution >= 4 is 5.91 Å². The Morgan fingerprint density at radius 3 is 2.65 bits per heavy atom. The van der Waals surface area contributed by atoms with E-state index in [0.29, 0.717) is 18.7 Å². The number of aryl methyl sites for hydroxylation is 1.